The van der Waals surface area contributed by atoms with Crippen LogP contribution in [0, 0.1) is 5.21 Å². The summed E-state index contributed by atoms with van der Waals surface area (Å²) < 4.78 is -0.573. The molecule has 70 valence electrons. The van der Waals surface area contributed by atoms with Gasteiger partial charge in [0.1, 0.15) is 17.6 Å². The van der Waals surface area contributed by atoms with Crippen LogP contribution in [-0.4, -0.2) is 16.8 Å². The van der Waals surface area contributed by atoms with Gasteiger partial charge in [-0.3, -0.25) is 0 Å². The van der Waals surface area contributed by atoms with E-state index in [2.05, 4.69) is 9.98 Å². The SMILES string of the molecule is [O-][N+]12C=CC=NC1=NC1=C2CC=CC1. The van der Waals surface area contributed by atoms with Crippen molar-refractivity contribution in [3.8, 4) is 0 Å². The summed E-state index contributed by atoms with van der Waals surface area (Å²) in [6.07, 6.45) is 10.4. The number of allylic oxidation sites excluding steroid dienone is 3. The molecule has 1 aliphatic carbocycles. The molecular formula is C10H9N3O. The van der Waals surface area contributed by atoms with Crippen LogP contribution in [0.5, 0.6) is 0 Å². The van der Waals surface area contributed by atoms with E-state index in [-0.39, 0.29) is 0 Å². The molecule has 0 radical (unpaired) electrons. The fourth-order valence-electron chi connectivity index (χ4n) is 1.92. The molecule has 0 spiro atoms. The lowest BCUT2D eigenvalue weighted by molar-refractivity contribution is -0.688. The molecule has 2 heterocycles. The maximum Gasteiger partial charge on any atom is 0.339 e. The highest BCUT2D eigenvalue weighted by molar-refractivity contribution is 5.92. The van der Waals surface area contributed by atoms with Crippen molar-refractivity contribution in [1.82, 2.24) is 0 Å². The summed E-state index contributed by atoms with van der Waals surface area (Å²) in [5.74, 6) is 0.348. The Morgan fingerprint density at radius 2 is 2.14 bits per heavy atom. The Morgan fingerprint density at radius 3 is 3.07 bits per heavy atom. The minimum atomic E-state index is -0.573. The van der Waals surface area contributed by atoms with Crippen LogP contribution < -0.4 is 0 Å². The summed E-state index contributed by atoms with van der Waals surface area (Å²) >= 11 is 0. The smallest absolute Gasteiger partial charge is 0.339 e. The molecule has 3 rings (SSSR count). The molecule has 0 aromatic heterocycles. The van der Waals surface area contributed by atoms with Crippen LogP contribution in [0.1, 0.15) is 12.8 Å². The molecule has 0 aromatic rings. The number of quaternary nitrogens is 1. The second-order valence-corrected chi connectivity index (χ2v) is 3.46. The van der Waals surface area contributed by atoms with Crippen LogP contribution in [0.4, 0.5) is 0 Å². The van der Waals surface area contributed by atoms with Crippen LogP contribution in [0.3, 0.4) is 0 Å². The monoisotopic (exact) mass is 187 g/mol. The first-order valence-electron chi connectivity index (χ1n) is 4.59. The number of fused-ring (bicyclic) bond motifs is 2. The van der Waals surface area contributed by atoms with E-state index in [1.54, 1.807) is 18.5 Å². The van der Waals surface area contributed by atoms with E-state index in [4.69, 9.17) is 0 Å². The Labute approximate surface area is 81.4 Å². The van der Waals surface area contributed by atoms with E-state index in [0.717, 1.165) is 17.8 Å². The number of hydrogen-bond acceptors (Lipinski definition) is 3. The Morgan fingerprint density at radius 1 is 1.29 bits per heavy atom. The number of nitrogens with zero attached hydrogens (tertiary/aromatic N) is 3. The van der Waals surface area contributed by atoms with Gasteiger partial charge in [-0.15, -0.1) is 0 Å². The van der Waals surface area contributed by atoms with Crippen LogP contribution in [0.25, 0.3) is 0 Å². The van der Waals surface area contributed by atoms with Crippen molar-refractivity contribution in [1.29, 1.82) is 0 Å². The van der Waals surface area contributed by atoms with Gasteiger partial charge in [-0.25, -0.2) is 4.65 Å². The van der Waals surface area contributed by atoms with E-state index < -0.39 is 4.65 Å². The molecule has 3 aliphatic rings. The minimum Gasteiger partial charge on any atom is -0.615 e. The van der Waals surface area contributed by atoms with E-state index >= 15 is 0 Å². The van der Waals surface area contributed by atoms with Gasteiger partial charge in [0.15, 0.2) is 0 Å². The maximum absolute atomic E-state index is 12.4. The van der Waals surface area contributed by atoms with Gasteiger partial charge in [-0.2, -0.15) is 9.98 Å². The molecule has 14 heavy (non-hydrogen) atoms. The molecule has 0 bridgehead atoms. The van der Waals surface area contributed by atoms with Crippen molar-refractivity contribution in [3.63, 3.8) is 0 Å². The van der Waals surface area contributed by atoms with E-state index in [1.807, 2.05) is 12.2 Å². The first-order valence-corrected chi connectivity index (χ1v) is 4.59. The largest absolute Gasteiger partial charge is 0.615 e. The average Bonchev–Trinajstić information content (AvgIpc) is 2.51. The standard InChI is InChI=1S/C10H9N3O/c14-13-7-3-6-11-10(13)12-8-4-1-2-5-9(8)13/h1-3,6-7H,4-5H2. The molecule has 0 fully saturated rings. The van der Waals surface area contributed by atoms with Gasteiger partial charge in [0.25, 0.3) is 0 Å². The van der Waals surface area contributed by atoms with Gasteiger partial charge in [0.05, 0.1) is 0 Å². The minimum absolute atomic E-state index is 0.348. The van der Waals surface area contributed by atoms with E-state index in [9.17, 15) is 5.21 Å². The first kappa shape index (κ1) is 7.84. The Balaban J connectivity index is 2.13. The van der Waals surface area contributed by atoms with Crippen molar-refractivity contribution >= 4 is 12.2 Å². The van der Waals surface area contributed by atoms with Gasteiger partial charge in [-0.1, -0.05) is 12.2 Å². The molecule has 4 heteroatoms. The number of aliphatic imine (C=N–C) groups is 2. The third kappa shape index (κ3) is 0.840. The molecule has 1 atom stereocenters. The summed E-state index contributed by atoms with van der Waals surface area (Å²) in [5, 5.41) is 12.4. The molecule has 0 aromatic carbocycles. The molecular weight excluding hydrogens is 178 g/mol. The van der Waals surface area contributed by atoms with E-state index in [1.165, 1.54) is 0 Å². The number of hydroxylamine groups is 3. The van der Waals surface area contributed by atoms with Gasteiger partial charge < -0.3 is 5.21 Å². The zero-order valence-corrected chi connectivity index (χ0v) is 7.55. The summed E-state index contributed by atoms with van der Waals surface area (Å²) in [4.78, 5) is 8.28. The zero-order valence-electron chi connectivity index (χ0n) is 7.55. The molecule has 0 amide bonds. The summed E-state index contributed by atoms with van der Waals surface area (Å²) in [5.41, 5.74) is 1.71. The van der Waals surface area contributed by atoms with Gasteiger partial charge in [-0.05, 0) is 0 Å². The number of hydrogen-bond donors (Lipinski definition) is 0. The lowest BCUT2D eigenvalue weighted by Crippen LogP contribution is -2.39. The fraction of sp³-hybridized carbons (Fsp3) is 0.200. The summed E-state index contributed by atoms with van der Waals surface area (Å²) in [6, 6.07) is 0. The highest BCUT2D eigenvalue weighted by Gasteiger charge is 2.38. The third-order valence-corrected chi connectivity index (χ3v) is 2.63. The maximum atomic E-state index is 12.4. The van der Waals surface area contributed by atoms with Gasteiger partial charge >= 0.3 is 5.96 Å². The second kappa shape index (κ2) is 2.50. The van der Waals surface area contributed by atoms with Crippen molar-refractivity contribution in [2.24, 2.45) is 9.98 Å². The molecule has 0 saturated carbocycles. The normalized spacial score (nSPS) is 33.1. The lowest BCUT2D eigenvalue weighted by atomic mass is 10.1. The number of guanidine groups is 1. The van der Waals surface area contributed by atoms with Crippen molar-refractivity contribution in [2.75, 3.05) is 0 Å². The van der Waals surface area contributed by atoms with Gasteiger partial charge in [0, 0.05) is 25.1 Å². The third-order valence-electron chi connectivity index (χ3n) is 2.63. The Hall–Kier alpha value is -1.52. The summed E-state index contributed by atoms with van der Waals surface area (Å²) in [6.45, 7) is 0. The molecule has 0 saturated heterocycles. The summed E-state index contributed by atoms with van der Waals surface area (Å²) in [7, 11) is 0. The highest BCUT2D eigenvalue weighted by Crippen LogP contribution is 2.37. The topological polar surface area (TPSA) is 47.8 Å². The Bertz CT molecular complexity index is 442. The van der Waals surface area contributed by atoms with Crippen molar-refractivity contribution in [2.45, 2.75) is 12.8 Å². The zero-order chi connectivity index (χ0) is 9.60. The molecule has 4 nitrogen and oxygen atoms in total. The predicted octanol–water partition coefficient (Wildman–Crippen LogP) is 1.83. The van der Waals surface area contributed by atoms with Gasteiger partial charge in [0.2, 0.25) is 0 Å². The van der Waals surface area contributed by atoms with Crippen molar-refractivity contribution < 1.29 is 4.65 Å². The van der Waals surface area contributed by atoms with Crippen molar-refractivity contribution in [3.05, 3.63) is 41.0 Å². The van der Waals surface area contributed by atoms with Crippen LogP contribution in [0.2, 0.25) is 0 Å². The van der Waals surface area contributed by atoms with Crippen LogP contribution in [0.15, 0.2) is 45.8 Å². The molecule has 2 aliphatic heterocycles. The predicted molar refractivity (Wildman–Crippen MR) is 54.1 cm³/mol. The van der Waals surface area contributed by atoms with Crippen LogP contribution >= 0.6 is 0 Å². The number of rotatable bonds is 0. The Kier molecular flexibility index (Phi) is 1.40. The second-order valence-electron chi connectivity index (χ2n) is 3.46. The fourth-order valence-corrected chi connectivity index (χ4v) is 1.92. The van der Waals surface area contributed by atoms with Crippen LogP contribution in [-0.2, 0) is 0 Å². The van der Waals surface area contributed by atoms with E-state index in [0.29, 0.717) is 12.4 Å². The highest BCUT2D eigenvalue weighted by atomic mass is 16.6. The first-order chi connectivity index (χ1) is 6.81. The molecule has 1 unspecified atom stereocenters. The lowest BCUT2D eigenvalue weighted by Gasteiger charge is -2.35. The quantitative estimate of drug-likeness (QED) is 0.324. The molecule has 0 N–H and O–H groups in total. The average molecular weight is 187 g/mol.